The second kappa shape index (κ2) is 3.28. The third-order valence-electron chi connectivity index (χ3n) is 3.39. The summed E-state index contributed by atoms with van der Waals surface area (Å²) in [6.07, 6.45) is 8.69. The van der Waals surface area contributed by atoms with E-state index in [1.807, 2.05) is 6.08 Å². The molecule has 0 aromatic heterocycles. The van der Waals surface area contributed by atoms with Gasteiger partial charge < -0.3 is 10.4 Å². The maximum Gasteiger partial charge on any atom is 0.0619 e. The highest BCUT2D eigenvalue weighted by atomic mass is 16.3. The summed E-state index contributed by atoms with van der Waals surface area (Å²) >= 11 is 0. The molecule has 1 saturated carbocycles. The fourth-order valence-corrected chi connectivity index (χ4v) is 2.67. The SMILES string of the molecule is C=CCN[C@]1(CO)C[C@@H]2C=C[C@H]1C2. The van der Waals surface area contributed by atoms with Gasteiger partial charge in [-0.25, -0.2) is 0 Å². The van der Waals surface area contributed by atoms with Gasteiger partial charge in [-0.15, -0.1) is 6.58 Å². The van der Waals surface area contributed by atoms with Crippen molar-refractivity contribution in [1.82, 2.24) is 5.32 Å². The topological polar surface area (TPSA) is 32.3 Å². The fourth-order valence-electron chi connectivity index (χ4n) is 2.67. The lowest BCUT2D eigenvalue weighted by atomic mass is 9.85. The lowest BCUT2D eigenvalue weighted by molar-refractivity contribution is 0.140. The summed E-state index contributed by atoms with van der Waals surface area (Å²) in [7, 11) is 0. The van der Waals surface area contributed by atoms with Crippen molar-refractivity contribution in [3.8, 4) is 0 Å². The Hall–Kier alpha value is -0.600. The smallest absolute Gasteiger partial charge is 0.0619 e. The van der Waals surface area contributed by atoms with Crippen LogP contribution in [-0.2, 0) is 0 Å². The van der Waals surface area contributed by atoms with E-state index in [0.29, 0.717) is 11.8 Å². The number of hydrogen-bond acceptors (Lipinski definition) is 2. The lowest BCUT2D eigenvalue weighted by Gasteiger charge is -2.34. The number of aliphatic hydroxyl groups excluding tert-OH is 1. The Kier molecular flexibility index (Phi) is 2.26. The van der Waals surface area contributed by atoms with E-state index < -0.39 is 0 Å². The zero-order valence-corrected chi connectivity index (χ0v) is 7.87. The highest BCUT2D eigenvalue weighted by Gasteiger charge is 2.47. The fraction of sp³-hybridized carbons (Fsp3) is 0.636. The molecule has 0 unspecified atom stereocenters. The summed E-state index contributed by atoms with van der Waals surface area (Å²) in [4.78, 5) is 0. The molecular formula is C11H17NO. The Balaban J connectivity index is 2.08. The largest absolute Gasteiger partial charge is 0.394 e. The molecule has 0 amide bonds. The first-order chi connectivity index (χ1) is 6.30. The maximum absolute atomic E-state index is 9.43. The van der Waals surface area contributed by atoms with Crippen LogP contribution in [0.15, 0.2) is 24.8 Å². The van der Waals surface area contributed by atoms with E-state index in [9.17, 15) is 5.11 Å². The molecular weight excluding hydrogens is 162 g/mol. The minimum absolute atomic E-state index is 0.0480. The summed E-state index contributed by atoms with van der Waals surface area (Å²) in [5, 5.41) is 12.8. The van der Waals surface area contributed by atoms with Crippen molar-refractivity contribution in [3.63, 3.8) is 0 Å². The standard InChI is InChI=1S/C11H17NO/c1-2-5-12-11(8-13)7-9-3-4-10(11)6-9/h2-4,9-10,12-13H,1,5-8H2/t9-,10+,11+/m1/s1. The van der Waals surface area contributed by atoms with Crippen molar-refractivity contribution in [2.75, 3.05) is 13.2 Å². The highest BCUT2D eigenvalue weighted by Crippen LogP contribution is 2.45. The minimum Gasteiger partial charge on any atom is -0.394 e. The number of nitrogens with one attached hydrogen (secondary N) is 1. The summed E-state index contributed by atoms with van der Waals surface area (Å²) in [5.74, 6) is 1.22. The molecule has 2 nitrogen and oxygen atoms in total. The molecule has 0 radical (unpaired) electrons. The zero-order valence-electron chi connectivity index (χ0n) is 7.87. The average molecular weight is 179 g/mol. The van der Waals surface area contributed by atoms with Crippen molar-refractivity contribution >= 4 is 0 Å². The van der Waals surface area contributed by atoms with Gasteiger partial charge in [-0.1, -0.05) is 18.2 Å². The molecule has 0 saturated heterocycles. The van der Waals surface area contributed by atoms with Gasteiger partial charge in [-0.3, -0.25) is 0 Å². The van der Waals surface area contributed by atoms with Gasteiger partial charge in [0.15, 0.2) is 0 Å². The Morgan fingerprint density at radius 3 is 2.92 bits per heavy atom. The number of fused-ring (bicyclic) bond motifs is 2. The van der Waals surface area contributed by atoms with E-state index in [-0.39, 0.29) is 12.1 Å². The molecule has 0 aliphatic heterocycles. The average Bonchev–Trinajstić information content (AvgIpc) is 2.74. The van der Waals surface area contributed by atoms with Crippen LogP contribution in [0, 0.1) is 11.8 Å². The first-order valence-electron chi connectivity index (χ1n) is 4.96. The molecule has 0 aromatic carbocycles. The molecule has 2 heteroatoms. The molecule has 2 aliphatic rings. The number of rotatable bonds is 4. The lowest BCUT2D eigenvalue weighted by Crippen LogP contribution is -2.51. The molecule has 2 N–H and O–H groups in total. The molecule has 0 spiro atoms. The number of allylic oxidation sites excluding steroid dienone is 1. The third-order valence-corrected chi connectivity index (χ3v) is 3.39. The van der Waals surface area contributed by atoms with Gasteiger partial charge in [0.25, 0.3) is 0 Å². The number of aliphatic hydroxyl groups is 1. The predicted molar refractivity (Wildman–Crippen MR) is 53.4 cm³/mol. The van der Waals surface area contributed by atoms with Crippen LogP contribution >= 0.6 is 0 Å². The summed E-state index contributed by atoms with van der Waals surface area (Å²) < 4.78 is 0. The Morgan fingerprint density at radius 2 is 2.46 bits per heavy atom. The van der Waals surface area contributed by atoms with Crippen molar-refractivity contribution < 1.29 is 5.11 Å². The van der Waals surface area contributed by atoms with Crippen LogP contribution in [0.5, 0.6) is 0 Å². The minimum atomic E-state index is -0.0480. The summed E-state index contributed by atoms with van der Waals surface area (Å²) in [6.45, 7) is 4.72. The van der Waals surface area contributed by atoms with Gasteiger partial charge >= 0.3 is 0 Å². The monoisotopic (exact) mass is 179 g/mol. The van der Waals surface area contributed by atoms with Crippen LogP contribution in [0.25, 0.3) is 0 Å². The van der Waals surface area contributed by atoms with Crippen molar-refractivity contribution in [2.45, 2.75) is 18.4 Å². The molecule has 2 bridgehead atoms. The van der Waals surface area contributed by atoms with Gasteiger partial charge in [0.2, 0.25) is 0 Å². The molecule has 3 atom stereocenters. The quantitative estimate of drug-likeness (QED) is 0.633. The molecule has 1 fully saturated rings. The first kappa shape index (κ1) is 8.97. The van der Waals surface area contributed by atoms with Gasteiger partial charge in [-0.2, -0.15) is 0 Å². The van der Waals surface area contributed by atoms with Gasteiger partial charge in [0.1, 0.15) is 0 Å². The van der Waals surface area contributed by atoms with Crippen molar-refractivity contribution in [2.24, 2.45) is 11.8 Å². The third kappa shape index (κ3) is 1.34. The van der Waals surface area contributed by atoms with E-state index in [1.54, 1.807) is 0 Å². The molecule has 2 rings (SSSR count). The molecule has 0 aromatic rings. The summed E-state index contributed by atoms with van der Waals surface area (Å²) in [6, 6.07) is 0. The van der Waals surface area contributed by atoms with Crippen LogP contribution in [0.2, 0.25) is 0 Å². The number of hydrogen-bond donors (Lipinski definition) is 2. The van der Waals surface area contributed by atoms with Gasteiger partial charge in [0, 0.05) is 12.1 Å². The maximum atomic E-state index is 9.43. The first-order valence-corrected chi connectivity index (χ1v) is 4.96. The van der Waals surface area contributed by atoms with Gasteiger partial charge in [-0.05, 0) is 24.7 Å². The molecule has 0 heterocycles. The Labute approximate surface area is 79.3 Å². The summed E-state index contributed by atoms with van der Waals surface area (Å²) in [5.41, 5.74) is -0.0480. The zero-order chi connectivity index (χ0) is 9.31. The van der Waals surface area contributed by atoms with Crippen LogP contribution in [0.3, 0.4) is 0 Å². The highest BCUT2D eigenvalue weighted by molar-refractivity contribution is 5.19. The van der Waals surface area contributed by atoms with E-state index in [4.69, 9.17) is 0 Å². The van der Waals surface area contributed by atoms with E-state index in [1.165, 1.54) is 6.42 Å². The van der Waals surface area contributed by atoms with E-state index in [0.717, 1.165) is 13.0 Å². The van der Waals surface area contributed by atoms with Crippen LogP contribution < -0.4 is 5.32 Å². The van der Waals surface area contributed by atoms with Crippen LogP contribution in [-0.4, -0.2) is 23.8 Å². The van der Waals surface area contributed by atoms with Crippen molar-refractivity contribution in [3.05, 3.63) is 24.8 Å². The van der Waals surface area contributed by atoms with E-state index in [2.05, 4.69) is 24.0 Å². The molecule has 72 valence electrons. The van der Waals surface area contributed by atoms with Crippen LogP contribution in [0.1, 0.15) is 12.8 Å². The van der Waals surface area contributed by atoms with Crippen molar-refractivity contribution in [1.29, 1.82) is 0 Å². The molecule has 2 aliphatic carbocycles. The van der Waals surface area contributed by atoms with Crippen LogP contribution in [0.4, 0.5) is 0 Å². The second-order valence-corrected chi connectivity index (χ2v) is 4.18. The molecule has 13 heavy (non-hydrogen) atoms. The van der Waals surface area contributed by atoms with Gasteiger partial charge in [0.05, 0.1) is 6.61 Å². The Bertz CT molecular complexity index is 236. The Morgan fingerprint density at radius 1 is 1.62 bits per heavy atom. The second-order valence-electron chi connectivity index (χ2n) is 4.18. The normalized spacial score (nSPS) is 41.3. The van der Waals surface area contributed by atoms with E-state index >= 15 is 0 Å². The predicted octanol–water partition coefficient (Wildman–Crippen LogP) is 1.09.